The maximum atomic E-state index is 11.7. The van der Waals surface area contributed by atoms with Crippen LogP contribution in [0.25, 0.3) is 0 Å². The summed E-state index contributed by atoms with van der Waals surface area (Å²) in [5, 5.41) is 12.3. The van der Waals surface area contributed by atoms with Crippen molar-refractivity contribution in [2.45, 2.75) is 72.3 Å². The van der Waals surface area contributed by atoms with Gasteiger partial charge in [0.2, 0.25) is 0 Å². The van der Waals surface area contributed by atoms with Crippen LogP contribution in [0.15, 0.2) is 60.7 Å². The first kappa shape index (κ1) is 25.7. The largest absolute Gasteiger partial charge is 0.481 e. The summed E-state index contributed by atoms with van der Waals surface area (Å²) in [7, 11) is -2.47. The Balaban J connectivity index is 1.69. The van der Waals surface area contributed by atoms with Crippen LogP contribution < -0.4 is 10.4 Å². The van der Waals surface area contributed by atoms with Gasteiger partial charge in [0.05, 0.1) is 5.92 Å². The maximum Gasteiger partial charge on any atom is 0.307 e. The molecule has 4 heteroatoms. The van der Waals surface area contributed by atoms with Crippen LogP contribution >= 0.6 is 0 Å². The Labute approximate surface area is 201 Å². The molecule has 2 aromatic rings. The highest BCUT2D eigenvalue weighted by Gasteiger charge is 2.51. The summed E-state index contributed by atoms with van der Waals surface area (Å²) in [6.07, 6.45) is 4.05. The second-order valence-corrected chi connectivity index (χ2v) is 16.2. The van der Waals surface area contributed by atoms with Crippen molar-refractivity contribution >= 4 is 24.7 Å². The standard InChI is InChI=1S/C29H42O3Si/c1-28(2,3)26(27(30)31)19-13-14-22-20-23(22)21-32-33(29(4,5)6,24-15-9-7-10-16-24)25-17-11-8-12-18-25/h7-12,15-18,22-23,26H,13-14,19-21H2,1-6H3,(H,30,31)/t22-,23+,26?/m1/s1. The molecule has 1 fully saturated rings. The Morgan fingerprint density at radius 1 is 0.939 bits per heavy atom. The van der Waals surface area contributed by atoms with Gasteiger partial charge >= 0.3 is 5.97 Å². The number of hydrogen-bond donors (Lipinski definition) is 1. The van der Waals surface area contributed by atoms with E-state index in [0.717, 1.165) is 25.9 Å². The van der Waals surface area contributed by atoms with E-state index < -0.39 is 14.3 Å². The first-order valence-electron chi connectivity index (χ1n) is 12.4. The molecule has 2 aromatic carbocycles. The summed E-state index contributed by atoms with van der Waals surface area (Å²) in [6.45, 7) is 13.8. The second kappa shape index (κ2) is 10.1. The van der Waals surface area contributed by atoms with Crippen LogP contribution in [0.3, 0.4) is 0 Å². The van der Waals surface area contributed by atoms with Crippen molar-refractivity contribution in [1.82, 2.24) is 0 Å². The van der Waals surface area contributed by atoms with Gasteiger partial charge in [-0.25, -0.2) is 0 Å². The van der Waals surface area contributed by atoms with Crippen molar-refractivity contribution in [1.29, 1.82) is 0 Å². The van der Waals surface area contributed by atoms with Crippen molar-refractivity contribution in [3.63, 3.8) is 0 Å². The predicted molar refractivity (Wildman–Crippen MR) is 140 cm³/mol. The molecule has 180 valence electrons. The molecule has 1 unspecified atom stereocenters. The molecule has 1 aliphatic carbocycles. The Morgan fingerprint density at radius 2 is 1.45 bits per heavy atom. The highest BCUT2D eigenvalue weighted by Crippen LogP contribution is 2.45. The number of carbonyl (C=O) groups is 1. The maximum absolute atomic E-state index is 11.7. The van der Waals surface area contributed by atoms with Gasteiger partial charge in [0.1, 0.15) is 0 Å². The molecular weight excluding hydrogens is 424 g/mol. The molecule has 1 saturated carbocycles. The molecule has 0 spiro atoms. The summed E-state index contributed by atoms with van der Waals surface area (Å²) in [5.41, 5.74) is -0.193. The summed E-state index contributed by atoms with van der Waals surface area (Å²) in [4.78, 5) is 11.7. The number of carboxylic acids is 1. The second-order valence-electron chi connectivity index (χ2n) is 11.9. The fourth-order valence-corrected chi connectivity index (χ4v) is 9.99. The quantitative estimate of drug-likeness (QED) is 0.429. The lowest BCUT2D eigenvalue weighted by Crippen LogP contribution is -2.66. The average Bonchev–Trinajstić information content (AvgIpc) is 3.49. The number of aliphatic carboxylic acids is 1. The minimum Gasteiger partial charge on any atom is -0.481 e. The third kappa shape index (κ3) is 5.96. The highest BCUT2D eigenvalue weighted by molar-refractivity contribution is 6.99. The molecule has 1 N–H and O–H groups in total. The van der Waals surface area contributed by atoms with Crippen molar-refractivity contribution in [2.75, 3.05) is 6.61 Å². The lowest BCUT2D eigenvalue weighted by atomic mass is 9.78. The Kier molecular flexibility index (Phi) is 7.90. The number of hydrogen-bond acceptors (Lipinski definition) is 2. The van der Waals surface area contributed by atoms with E-state index in [1.54, 1.807) is 0 Å². The highest BCUT2D eigenvalue weighted by atomic mass is 28.4. The van der Waals surface area contributed by atoms with E-state index in [1.807, 2.05) is 20.8 Å². The van der Waals surface area contributed by atoms with E-state index in [0.29, 0.717) is 11.8 Å². The van der Waals surface area contributed by atoms with Crippen molar-refractivity contribution in [2.24, 2.45) is 23.2 Å². The Hall–Kier alpha value is -1.91. The summed E-state index contributed by atoms with van der Waals surface area (Å²) >= 11 is 0. The van der Waals surface area contributed by atoms with E-state index in [1.165, 1.54) is 16.8 Å². The van der Waals surface area contributed by atoms with Crippen LogP contribution in [0.4, 0.5) is 0 Å². The van der Waals surface area contributed by atoms with E-state index in [9.17, 15) is 9.90 Å². The first-order chi connectivity index (χ1) is 15.5. The third-order valence-corrected chi connectivity index (χ3v) is 12.4. The summed E-state index contributed by atoms with van der Waals surface area (Å²) in [5.74, 6) is 0.315. The molecule has 1 aliphatic rings. The van der Waals surface area contributed by atoms with Gasteiger partial charge in [-0.05, 0) is 45.5 Å². The molecule has 0 bridgehead atoms. The molecule has 0 saturated heterocycles. The van der Waals surface area contributed by atoms with Gasteiger partial charge in [0.15, 0.2) is 0 Å². The molecule has 0 amide bonds. The van der Waals surface area contributed by atoms with Crippen LogP contribution in [0.1, 0.15) is 67.2 Å². The zero-order valence-corrected chi connectivity index (χ0v) is 22.3. The van der Waals surface area contributed by atoms with E-state index in [-0.39, 0.29) is 16.4 Å². The van der Waals surface area contributed by atoms with Crippen molar-refractivity contribution < 1.29 is 14.3 Å². The van der Waals surface area contributed by atoms with Gasteiger partial charge < -0.3 is 9.53 Å². The fraction of sp³-hybridized carbons (Fsp3) is 0.552. The molecule has 3 nitrogen and oxygen atoms in total. The lowest BCUT2D eigenvalue weighted by molar-refractivity contribution is -0.145. The summed E-state index contributed by atoms with van der Waals surface area (Å²) < 4.78 is 7.09. The third-order valence-electron chi connectivity index (χ3n) is 7.41. The van der Waals surface area contributed by atoms with E-state index in [4.69, 9.17) is 4.43 Å². The van der Waals surface area contributed by atoms with Gasteiger partial charge in [0.25, 0.3) is 8.32 Å². The fourth-order valence-electron chi connectivity index (χ4n) is 5.37. The molecule has 3 atom stereocenters. The molecule has 0 heterocycles. The van der Waals surface area contributed by atoms with Crippen LogP contribution in [-0.4, -0.2) is 26.0 Å². The molecule has 0 aliphatic heterocycles. The molecule has 3 rings (SSSR count). The zero-order valence-electron chi connectivity index (χ0n) is 21.3. The smallest absolute Gasteiger partial charge is 0.307 e. The number of rotatable bonds is 10. The SMILES string of the molecule is CC(C)(C)C(CCC[C@@H]1C[C@H]1CO[Si](c1ccccc1)(c1ccccc1)C(C)(C)C)C(=O)O. The number of benzene rings is 2. The Morgan fingerprint density at radius 3 is 1.88 bits per heavy atom. The normalized spacial score (nSPS) is 19.8. The monoisotopic (exact) mass is 466 g/mol. The van der Waals surface area contributed by atoms with Gasteiger partial charge in [-0.2, -0.15) is 0 Å². The van der Waals surface area contributed by atoms with E-state index in [2.05, 4.69) is 81.4 Å². The zero-order chi connectivity index (χ0) is 24.3. The van der Waals surface area contributed by atoms with Crippen LogP contribution in [-0.2, 0) is 9.22 Å². The lowest BCUT2D eigenvalue weighted by Gasteiger charge is -2.43. The Bertz CT molecular complexity index is 856. The van der Waals surface area contributed by atoms with Crippen LogP contribution in [0.2, 0.25) is 5.04 Å². The minimum absolute atomic E-state index is 0.00150. The van der Waals surface area contributed by atoms with E-state index >= 15 is 0 Å². The molecule has 0 radical (unpaired) electrons. The molecular formula is C29H42O3Si. The van der Waals surface area contributed by atoms with Gasteiger partial charge in [-0.15, -0.1) is 0 Å². The predicted octanol–water partition coefficient (Wildman–Crippen LogP) is 6.12. The average molecular weight is 467 g/mol. The number of carboxylic acid groups (broad SMARTS) is 1. The van der Waals surface area contributed by atoms with Crippen LogP contribution in [0.5, 0.6) is 0 Å². The minimum atomic E-state index is -2.47. The van der Waals surface area contributed by atoms with Crippen LogP contribution in [0, 0.1) is 23.2 Å². The topological polar surface area (TPSA) is 46.5 Å². The van der Waals surface area contributed by atoms with Gasteiger partial charge in [-0.1, -0.05) is 115 Å². The van der Waals surface area contributed by atoms with Gasteiger partial charge in [-0.3, -0.25) is 4.79 Å². The first-order valence-corrected chi connectivity index (χ1v) is 14.4. The summed E-state index contributed by atoms with van der Waals surface area (Å²) in [6, 6.07) is 21.6. The molecule has 33 heavy (non-hydrogen) atoms. The van der Waals surface area contributed by atoms with Crippen molar-refractivity contribution in [3.8, 4) is 0 Å². The molecule has 0 aromatic heterocycles. The van der Waals surface area contributed by atoms with Crippen molar-refractivity contribution in [3.05, 3.63) is 60.7 Å². The van der Waals surface area contributed by atoms with Gasteiger partial charge in [0, 0.05) is 6.61 Å².